The molecule has 1 unspecified atom stereocenters. The number of nitrogens with one attached hydrogen (secondary N) is 1. The number of halogens is 1. The number of rotatable bonds is 4. The molecule has 0 aromatic carbocycles. The molecule has 12 heavy (non-hydrogen) atoms. The van der Waals surface area contributed by atoms with Gasteiger partial charge in [-0.1, -0.05) is 0 Å². The molecule has 0 saturated carbocycles. The first kappa shape index (κ1) is 10.1. The minimum atomic E-state index is 0.164. The van der Waals surface area contributed by atoms with E-state index in [1.54, 1.807) is 17.5 Å². The van der Waals surface area contributed by atoms with Gasteiger partial charge in [-0.25, -0.2) is 4.98 Å². The summed E-state index contributed by atoms with van der Waals surface area (Å²) in [5, 5.41) is 12.8. The van der Waals surface area contributed by atoms with Crippen molar-refractivity contribution in [2.45, 2.75) is 13.0 Å². The van der Waals surface area contributed by atoms with Crippen LogP contribution in [-0.2, 0) is 0 Å². The third-order valence-corrected chi connectivity index (χ3v) is 3.09. The second kappa shape index (κ2) is 4.91. The Morgan fingerprint density at radius 1 is 1.83 bits per heavy atom. The van der Waals surface area contributed by atoms with Crippen molar-refractivity contribution in [3.63, 3.8) is 0 Å². The SMILES string of the molecule is CC(NCCO)c1ncc(Br)s1. The predicted octanol–water partition coefficient (Wildman–Crippen LogP) is 1.55. The first-order valence-electron chi connectivity index (χ1n) is 3.69. The van der Waals surface area contributed by atoms with Crippen molar-refractivity contribution in [1.82, 2.24) is 10.3 Å². The van der Waals surface area contributed by atoms with Crippen LogP contribution in [0.1, 0.15) is 18.0 Å². The number of aromatic nitrogens is 1. The van der Waals surface area contributed by atoms with Crippen LogP contribution in [0, 0.1) is 0 Å². The van der Waals surface area contributed by atoms with Gasteiger partial charge >= 0.3 is 0 Å². The number of nitrogens with zero attached hydrogens (tertiary/aromatic N) is 1. The van der Waals surface area contributed by atoms with Gasteiger partial charge in [0, 0.05) is 6.54 Å². The van der Waals surface area contributed by atoms with E-state index in [0.29, 0.717) is 6.54 Å². The molecular formula is C7H11BrN2OS. The summed E-state index contributed by atoms with van der Waals surface area (Å²) in [7, 11) is 0. The van der Waals surface area contributed by atoms with Crippen LogP contribution in [-0.4, -0.2) is 23.2 Å². The number of aliphatic hydroxyl groups excluding tert-OH is 1. The van der Waals surface area contributed by atoms with E-state index in [1.807, 2.05) is 6.92 Å². The average molecular weight is 251 g/mol. The largest absolute Gasteiger partial charge is 0.395 e. The highest BCUT2D eigenvalue weighted by Gasteiger charge is 2.07. The highest BCUT2D eigenvalue weighted by atomic mass is 79.9. The van der Waals surface area contributed by atoms with E-state index in [-0.39, 0.29) is 12.6 Å². The summed E-state index contributed by atoms with van der Waals surface area (Å²) in [6.45, 7) is 2.80. The summed E-state index contributed by atoms with van der Waals surface area (Å²) in [6.07, 6.45) is 1.79. The molecule has 1 aromatic heterocycles. The molecule has 0 aliphatic heterocycles. The van der Waals surface area contributed by atoms with Gasteiger partial charge in [-0.2, -0.15) is 0 Å². The van der Waals surface area contributed by atoms with Gasteiger partial charge in [0.25, 0.3) is 0 Å². The molecule has 0 fully saturated rings. The van der Waals surface area contributed by atoms with Crippen molar-refractivity contribution in [2.75, 3.05) is 13.2 Å². The fourth-order valence-corrected chi connectivity index (χ4v) is 2.11. The van der Waals surface area contributed by atoms with Crippen LogP contribution < -0.4 is 5.32 Å². The highest BCUT2D eigenvalue weighted by molar-refractivity contribution is 9.11. The summed E-state index contributed by atoms with van der Waals surface area (Å²) in [6, 6.07) is 0.216. The highest BCUT2D eigenvalue weighted by Crippen LogP contribution is 2.23. The molecule has 0 amide bonds. The Balaban J connectivity index is 2.47. The molecule has 0 bridgehead atoms. The minimum absolute atomic E-state index is 0.164. The zero-order chi connectivity index (χ0) is 8.97. The Labute approximate surface area is 84.0 Å². The van der Waals surface area contributed by atoms with E-state index >= 15 is 0 Å². The summed E-state index contributed by atoms with van der Waals surface area (Å²) in [5.41, 5.74) is 0. The lowest BCUT2D eigenvalue weighted by Gasteiger charge is -2.08. The van der Waals surface area contributed by atoms with Gasteiger partial charge in [-0.3, -0.25) is 0 Å². The lowest BCUT2D eigenvalue weighted by atomic mass is 10.3. The van der Waals surface area contributed by atoms with Crippen molar-refractivity contribution >= 4 is 27.3 Å². The van der Waals surface area contributed by atoms with Crippen molar-refractivity contribution < 1.29 is 5.11 Å². The molecular weight excluding hydrogens is 240 g/mol. The standard InChI is InChI=1S/C7H11BrN2OS/c1-5(9-2-3-11)7-10-4-6(8)12-7/h4-5,9,11H,2-3H2,1H3. The topological polar surface area (TPSA) is 45.1 Å². The fourth-order valence-electron chi connectivity index (χ4n) is 0.836. The lowest BCUT2D eigenvalue weighted by Crippen LogP contribution is -2.21. The summed E-state index contributed by atoms with van der Waals surface area (Å²) < 4.78 is 1.04. The molecule has 0 aliphatic carbocycles. The summed E-state index contributed by atoms with van der Waals surface area (Å²) >= 11 is 4.96. The van der Waals surface area contributed by atoms with E-state index in [1.165, 1.54) is 0 Å². The first-order chi connectivity index (χ1) is 5.74. The van der Waals surface area contributed by atoms with Gasteiger partial charge in [0.15, 0.2) is 0 Å². The summed E-state index contributed by atoms with van der Waals surface area (Å²) in [4.78, 5) is 4.20. The van der Waals surface area contributed by atoms with Crippen LogP contribution >= 0.6 is 27.3 Å². The normalized spacial score (nSPS) is 13.2. The maximum atomic E-state index is 8.58. The van der Waals surface area contributed by atoms with Crippen LogP contribution in [0.25, 0.3) is 0 Å². The summed E-state index contributed by atoms with van der Waals surface area (Å²) in [5.74, 6) is 0. The monoisotopic (exact) mass is 250 g/mol. The van der Waals surface area contributed by atoms with Gasteiger partial charge in [0.1, 0.15) is 5.01 Å². The molecule has 0 radical (unpaired) electrons. The van der Waals surface area contributed by atoms with Crippen molar-refractivity contribution in [2.24, 2.45) is 0 Å². The Hall–Kier alpha value is 0.0300. The quantitative estimate of drug-likeness (QED) is 0.853. The predicted molar refractivity (Wildman–Crippen MR) is 53.3 cm³/mol. The Morgan fingerprint density at radius 2 is 2.58 bits per heavy atom. The number of thiazole rings is 1. The zero-order valence-corrected chi connectivity index (χ0v) is 9.15. The third kappa shape index (κ3) is 2.82. The molecule has 3 nitrogen and oxygen atoms in total. The van der Waals surface area contributed by atoms with Crippen LogP contribution in [0.3, 0.4) is 0 Å². The van der Waals surface area contributed by atoms with Crippen LogP contribution in [0.4, 0.5) is 0 Å². The van der Waals surface area contributed by atoms with Gasteiger partial charge in [-0.05, 0) is 22.9 Å². The first-order valence-corrected chi connectivity index (χ1v) is 5.30. The molecule has 1 atom stereocenters. The lowest BCUT2D eigenvalue weighted by molar-refractivity contribution is 0.286. The van der Waals surface area contributed by atoms with E-state index in [9.17, 15) is 0 Å². The number of hydrogen-bond acceptors (Lipinski definition) is 4. The number of aliphatic hydroxyl groups is 1. The van der Waals surface area contributed by atoms with Gasteiger partial charge < -0.3 is 10.4 Å². The maximum Gasteiger partial charge on any atom is 0.110 e. The Bertz CT molecular complexity index is 241. The smallest absolute Gasteiger partial charge is 0.110 e. The molecule has 2 N–H and O–H groups in total. The van der Waals surface area contributed by atoms with E-state index in [0.717, 1.165) is 8.79 Å². The van der Waals surface area contributed by atoms with Gasteiger partial charge in [-0.15, -0.1) is 11.3 Å². The average Bonchev–Trinajstić information content (AvgIpc) is 2.47. The molecule has 1 rings (SSSR count). The van der Waals surface area contributed by atoms with Crippen LogP contribution in [0.5, 0.6) is 0 Å². The van der Waals surface area contributed by atoms with Crippen LogP contribution in [0.15, 0.2) is 9.98 Å². The third-order valence-electron chi connectivity index (χ3n) is 1.43. The molecule has 0 aliphatic rings. The van der Waals surface area contributed by atoms with E-state index in [2.05, 4.69) is 26.2 Å². The fraction of sp³-hybridized carbons (Fsp3) is 0.571. The van der Waals surface area contributed by atoms with Gasteiger partial charge in [0.2, 0.25) is 0 Å². The minimum Gasteiger partial charge on any atom is -0.395 e. The molecule has 1 aromatic rings. The molecule has 0 spiro atoms. The molecule has 5 heteroatoms. The van der Waals surface area contributed by atoms with Crippen LogP contribution in [0.2, 0.25) is 0 Å². The Kier molecular flexibility index (Phi) is 4.14. The van der Waals surface area contributed by atoms with E-state index < -0.39 is 0 Å². The molecule has 0 saturated heterocycles. The second-order valence-corrected chi connectivity index (χ2v) is 4.84. The van der Waals surface area contributed by atoms with Gasteiger partial charge in [0.05, 0.1) is 22.6 Å². The molecule has 68 valence electrons. The van der Waals surface area contributed by atoms with Crippen molar-refractivity contribution in [3.8, 4) is 0 Å². The van der Waals surface area contributed by atoms with Crippen molar-refractivity contribution in [3.05, 3.63) is 15.0 Å². The maximum absolute atomic E-state index is 8.58. The Morgan fingerprint density at radius 3 is 3.08 bits per heavy atom. The zero-order valence-electron chi connectivity index (χ0n) is 6.75. The number of hydrogen-bond donors (Lipinski definition) is 2. The van der Waals surface area contributed by atoms with E-state index in [4.69, 9.17) is 5.11 Å². The molecule has 1 heterocycles. The van der Waals surface area contributed by atoms with Crippen molar-refractivity contribution in [1.29, 1.82) is 0 Å². The second-order valence-electron chi connectivity index (χ2n) is 2.40.